The van der Waals surface area contributed by atoms with Gasteiger partial charge >= 0.3 is 0 Å². The van der Waals surface area contributed by atoms with Crippen molar-refractivity contribution in [3.05, 3.63) is 18.0 Å². The van der Waals surface area contributed by atoms with Gasteiger partial charge in [0.05, 0.1) is 18.2 Å². The standard InChI is InChI=1S/C14H20N2O3/c17-14(8-12-5-7-19-15-12)16-6-1-2-13(9-16)18-10-11-3-4-11/h5,7,11,13H,1-4,6,8-10H2. The molecule has 104 valence electrons. The number of ether oxygens (including phenoxy) is 1. The molecule has 1 saturated heterocycles. The molecular weight excluding hydrogens is 244 g/mol. The van der Waals surface area contributed by atoms with Crippen molar-refractivity contribution in [1.82, 2.24) is 10.1 Å². The number of hydrogen-bond acceptors (Lipinski definition) is 4. The molecule has 1 saturated carbocycles. The van der Waals surface area contributed by atoms with Crippen LogP contribution >= 0.6 is 0 Å². The van der Waals surface area contributed by atoms with Crippen molar-refractivity contribution in [1.29, 1.82) is 0 Å². The molecule has 3 rings (SSSR count). The third-order valence-electron chi connectivity index (χ3n) is 3.82. The van der Waals surface area contributed by atoms with Crippen molar-refractivity contribution in [2.45, 2.75) is 38.2 Å². The largest absolute Gasteiger partial charge is 0.376 e. The molecule has 2 aliphatic rings. The van der Waals surface area contributed by atoms with Gasteiger partial charge in [-0.05, 0) is 31.6 Å². The molecule has 1 aliphatic carbocycles. The van der Waals surface area contributed by atoms with E-state index in [0.29, 0.717) is 12.1 Å². The zero-order chi connectivity index (χ0) is 13.1. The van der Waals surface area contributed by atoms with Crippen LogP contribution in [0.5, 0.6) is 0 Å². The van der Waals surface area contributed by atoms with Crippen LogP contribution in [-0.4, -0.2) is 41.8 Å². The molecule has 5 heteroatoms. The number of aromatic nitrogens is 1. The number of carbonyl (C=O) groups is 1. The highest BCUT2D eigenvalue weighted by molar-refractivity contribution is 5.78. The number of amides is 1. The van der Waals surface area contributed by atoms with Gasteiger partial charge in [-0.15, -0.1) is 0 Å². The lowest BCUT2D eigenvalue weighted by Crippen LogP contribution is -2.44. The second-order valence-electron chi connectivity index (χ2n) is 5.55. The van der Waals surface area contributed by atoms with Crippen LogP contribution in [0.25, 0.3) is 0 Å². The van der Waals surface area contributed by atoms with Crippen LogP contribution in [0.2, 0.25) is 0 Å². The Morgan fingerprint density at radius 2 is 2.37 bits per heavy atom. The zero-order valence-corrected chi connectivity index (χ0v) is 11.1. The highest BCUT2D eigenvalue weighted by Crippen LogP contribution is 2.30. The first-order valence-electron chi connectivity index (χ1n) is 7.10. The van der Waals surface area contributed by atoms with Gasteiger partial charge in [-0.2, -0.15) is 0 Å². The zero-order valence-electron chi connectivity index (χ0n) is 11.1. The van der Waals surface area contributed by atoms with Crippen LogP contribution in [0.15, 0.2) is 16.9 Å². The van der Waals surface area contributed by atoms with E-state index in [4.69, 9.17) is 9.26 Å². The fourth-order valence-corrected chi connectivity index (χ4v) is 2.45. The molecular formula is C14H20N2O3. The minimum absolute atomic E-state index is 0.119. The molecule has 1 unspecified atom stereocenters. The van der Waals surface area contributed by atoms with Crippen LogP contribution in [0.4, 0.5) is 0 Å². The third kappa shape index (κ3) is 3.56. The summed E-state index contributed by atoms with van der Waals surface area (Å²) in [5.74, 6) is 0.898. The van der Waals surface area contributed by atoms with E-state index in [9.17, 15) is 4.79 Å². The third-order valence-corrected chi connectivity index (χ3v) is 3.82. The number of likely N-dealkylation sites (tertiary alicyclic amines) is 1. The Balaban J connectivity index is 1.47. The number of carbonyl (C=O) groups excluding carboxylic acids is 1. The van der Waals surface area contributed by atoms with Crippen molar-refractivity contribution in [2.24, 2.45) is 5.92 Å². The summed E-state index contributed by atoms with van der Waals surface area (Å²) in [4.78, 5) is 14.0. The van der Waals surface area contributed by atoms with Crippen molar-refractivity contribution >= 4 is 5.91 Å². The Kier molecular flexibility index (Phi) is 3.82. The predicted octanol–water partition coefficient (Wildman–Crippen LogP) is 1.63. The molecule has 1 aromatic rings. The van der Waals surface area contributed by atoms with Crippen molar-refractivity contribution in [2.75, 3.05) is 19.7 Å². The molecule has 1 amide bonds. The second kappa shape index (κ2) is 5.74. The first-order valence-corrected chi connectivity index (χ1v) is 7.10. The summed E-state index contributed by atoms with van der Waals surface area (Å²) < 4.78 is 10.6. The van der Waals surface area contributed by atoms with Gasteiger partial charge in [0, 0.05) is 25.8 Å². The summed E-state index contributed by atoms with van der Waals surface area (Å²) in [6, 6.07) is 1.74. The van der Waals surface area contributed by atoms with Gasteiger partial charge in [0.15, 0.2) is 0 Å². The van der Waals surface area contributed by atoms with E-state index in [1.54, 1.807) is 6.07 Å². The highest BCUT2D eigenvalue weighted by Gasteiger charge is 2.27. The lowest BCUT2D eigenvalue weighted by molar-refractivity contribution is -0.134. The van der Waals surface area contributed by atoms with Gasteiger partial charge in [-0.25, -0.2) is 0 Å². The van der Waals surface area contributed by atoms with Gasteiger partial charge < -0.3 is 14.2 Å². The van der Waals surface area contributed by atoms with E-state index >= 15 is 0 Å². The van der Waals surface area contributed by atoms with Crippen molar-refractivity contribution in [3.63, 3.8) is 0 Å². The minimum atomic E-state index is 0.119. The maximum absolute atomic E-state index is 12.2. The SMILES string of the molecule is O=C(Cc1ccon1)N1CCCC(OCC2CC2)C1. The van der Waals surface area contributed by atoms with Gasteiger partial charge in [0.1, 0.15) is 6.26 Å². The van der Waals surface area contributed by atoms with Gasteiger partial charge in [-0.1, -0.05) is 5.16 Å². The monoisotopic (exact) mass is 264 g/mol. The molecule has 1 aliphatic heterocycles. The smallest absolute Gasteiger partial charge is 0.228 e. The molecule has 19 heavy (non-hydrogen) atoms. The maximum Gasteiger partial charge on any atom is 0.228 e. The summed E-state index contributed by atoms with van der Waals surface area (Å²) in [5, 5.41) is 3.78. The lowest BCUT2D eigenvalue weighted by Gasteiger charge is -2.32. The summed E-state index contributed by atoms with van der Waals surface area (Å²) in [6.07, 6.45) is 6.76. The number of piperidine rings is 1. The lowest BCUT2D eigenvalue weighted by atomic mass is 10.1. The molecule has 0 spiro atoms. The van der Waals surface area contributed by atoms with E-state index in [1.165, 1.54) is 19.1 Å². The first kappa shape index (κ1) is 12.7. The van der Waals surface area contributed by atoms with Gasteiger partial charge in [-0.3, -0.25) is 4.79 Å². The average molecular weight is 264 g/mol. The summed E-state index contributed by atoms with van der Waals surface area (Å²) in [6.45, 7) is 2.43. The fourth-order valence-electron chi connectivity index (χ4n) is 2.45. The molecule has 1 aromatic heterocycles. The van der Waals surface area contributed by atoms with Crippen molar-refractivity contribution in [3.8, 4) is 0 Å². The molecule has 0 radical (unpaired) electrons. The molecule has 5 nitrogen and oxygen atoms in total. The Labute approximate surface area is 112 Å². The molecule has 0 bridgehead atoms. The average Bonchev–Trinajstić information content (AvgIpc) is 3.13. The van der Waals surface area contributed by atoms with E-state index < -0.39 is 0 Å². The maximum atomic E-state index is 12.2. The summed E-state index contributed by atoms with van der Waals surface area (Å²) in [7, 11) is 0. The number of hydrogen-bond donors (Lipinski definition) is 0. The number of nitrogens with zero attached hydrogens (tertiary/aromatic N) is 2. The van der Waals surface area contributed by atoms with Crippen LogP contribution in [0, 0.1) is 5.92 Å². The second-order valence-corrected chi connectivity index (χ2v) is 5.55. The van der Waals surface area contributed by atoms with E-state index in [2.05, 4.69) is 5.16 Å². The van der Waals surface area contributed by atoms with E-state index in [1.807, 2.05) is 4.90 Å². The van der Waals surface area contributed by atoms with Crippen LogP contribution in [0.3, 0.4) is 0 Å². The predicted molar refractivity (Wildman–Crippen MR) is 68.5 cm³/mol. The Hall–Kier alpha value is -1.36. The minimum Gasteiger partial charge on any atom is -0.376 e. The van der Waals surface area contributed by atoms with Crippen LogP contribution in [-0.2, 0) is 16.0 Å². The molecule has 1 atom stereocenters. The Bertz CT molecular complexity index is 414. The Morgan fingerprint density at radius 1 is 1.47 bits per heavy atom. The summed E-state index contributed by atoms with van der Waals surface area (Å²) >= 11 is 0. The topological polar surface area (TPSA) is 55.6 Å². The summed E-state index contributed by atoms with van der Waals surface area (Å²) in [5.41, 5.74) is 0.700. The molecule has 0 aromatic carbocycles. The Morgan fingerprint density at radius 3 is 3.11 bits per heavy atom. The normalized spacial score (nSPS) is 23.6. The highest BCUT2D eigenvalue weighted by atomic mass is 16.5. The van der Waals surface area contributed by atoms with Crippen LogP contribution in [0.1, 0.15) is 31.4 Å². The molecule has 2 heterocycles. The molecule has 0 N–H and O–H groups in total. The molecule has 2 fully saturated rings. The van der Waals surface area contributed by atoms with E-state index in [-0.39, 0.29) is 12.0 Å². The number of rotatable bonds is 5. The van der Waals surface area contributed by atoms with Crippen LogP contribution < -0.4 is 0 Å². The van der Waals surface area contributed by atoms with E-state index in [0.717, 1.165) is 38.5 Å². The first-order chi connectivity index (χ1) is 9.31. The fraction of sp³-hybridized carbons (Fsp3) is 0.714. The van der Waals surface area contributed by atoms with Gasteiger partial charge in [0.25, 0.3) is 0 Å². The van der Waals surface area contributed by atoms with Crippen molar-refractivity contribution < 1.29 is 14.1 Å². The quantitative estimate of drug-likeness (QED) is 0.811. The van der Waals surface area contributed by atoms with Gasteiger partial charge in [0.2, 0.25) is 5.91 Å².